The fourth-order valence-electron chi connectivity index (χ4n) is 1.96. The average molecular weight is 199 g/mol. The number of hydrogen-bond acceptors (Lipinski definition) is 3. The summed E-state index contributed by atoms with van der Waals surface area (Å²) >= 11 is 0. The molecule has 0 spiro atoms. The van der Waals surface area contributed by atoms with Gasteiger partial charge in [0.2, 0.25) is 0 Å². The van der Waals surface area contributed by atoms with Crippen LogP contribution in [-0.4, -0.2) is 22.5 Å². The molecule has 14 heavy (non-hydrogen) atoms. The Morgan fingerprint density at radius 1 is 1.29 bits per heavy atom. The third-order valence-electron chi connectivity index (χ3n) is 2.55. The van der Waals surface area contributed by atoms with Crippen molar-refractivity contribution < 1.29 is 9.59 Å². The zero-order valence-electron chi connectivity index (χ0n) is 8.67. The van der Waals surface area contributed by atoms with Gasteiger partial charge in [-0.1, -0.05) is 26.7 Å². The lowest BCUT2D eigenvalue weighted by Crippen LogP contribution is -2.47. The van der Waals surface area contributed by atoms with Gasteiger partial charge in [0.1, 0.15) is 5.54 Å². The van der Waals surface area contributed by atoms with Gasteiger partial charge in [0.25, 0.3) is 5.91 Å². The predicted molar refractivity (Wildman–Crippen MR) is 52.1 cm³/mol. The van der Waals surface area contributed by atoms with Crippen LogP contribution in [0, 0.1) is 0 Å². The molecule has 3 amide bonds. The van der Waals surface area contributed by atoms with Crippen LogP contribution < -0.4 is 11.2 Å². The van der Waals surface area contributed by atoms with Crippen molar-refractivity contribution in [2.75, 3.05) is 0 Å². The monoisotopic (exact) mass is 199 g/mol. The zero-order valence-corrected chi connectivity index (χ0v) is 8.67. The fraction of sp³-hybridized carbons (Fsp3) is 0.778. The van der Waals surface area contributed by atoms with E-state index in [1.807, 2.05) is 13.8 Å². The van der Waals surface area contributed by atoms with Crippen molar-refractivity contribution in [1.82, 2.24) is 10.3 Å². The van der Waals surface area contributed by atoms with Gasteiger partial charge in [-0.15, -0.1) is 0 Å². The number of hydrazine groups is 1. The van der Waals surface area contributed by atoms with E-state index in [1.54, 1.807) is 0 Å². The van der Waals surface area contributed by atoms with E-state index in [4.69, 9.17) is 5.84 Å². The van der Waals surface area contributed by atoms with Crippen molar-refractivity contribution in [2.24, 2.45) is 5.84 Å². The van der Waals surface area contributed by atoms with Gasteiger partial charge in [0.15, 0.2) is 0 Å². The molecule has 1 aliphatic heterocycles. The zero-order chi connectivity index (χ0) is 10.8. The molecule has 0 saturated carbocycles. The van der Waals surface area contributed by atoms with E-state index in [9.17, 15) is 9.59 Å². The van der Waals surface area contributed by atoms with Gasteiger partial charge >= 0.3 is 6.03 Å². The Hall–Kier alpha value is -1.10. The van der Waals surface area contributed by atoms with Crippen LogP contribution in [0.5, 0.6) is 0 Å². The number of carbonyl (C=O) groups is 2. The Kier molecular flexibility index (Phi) is 3.10. The molecule has 5 nitrogen and oxygen atoms in total. The molecule has 1 saturated heterocycles. The van der Waals surface area contributed by atoms with E-state index in [0.717, 1.165) is 12.8 Å². The number of urea groups is 1. The van der Waals surface area contributed by atoms with Gasteiger partial charge in [0.05, 0.1) is 0 Å². The van der Waals surface area contributed by atoms with E-state index < -0.39 is 11.6 Å². The van der Waals surface area contributed by atoms with Crippen molar-refractivity contribution in [3.63, 3.8) is 0 Å². The lowest BCUT2D eigenvalue weighted by molar-refractivity contribution is -0.132. The maximum Gasteiger partial charge on any atom is 0.339 e. The Balaban J connectivity index is 2.88. The number of nitrogens with two attached hydrogens (primary N) is 1. The lowest BCUT2D eigenvalue weighted by atomic mass is 9.89. The third kappa shape index (κ3) is 1.59. The molecule has 0 bridgehead atoms. The standard InChI is InChI=1S/C9H17N3O2/c1-3-5-9(6-4-2)7(13)12(10)8(14)11-9/h3-6,10H2,1-2H3,(H,11,14). The number of nitrogens with zero attached hydrogens (tertiary/aromatic N) is 1. The number of carbonyl (C=O) groups excluding carboxylic acids is 2. The molecule has 0 unspecified atom stereocenters. The summed E-state index contributed by atoms with van der Waals surface area (Å²) in [5.74, 6) is 5.03. The maximum absolute atomic E-state index is 11.7. The van der Waals surface area contributed by atoms with Gasteiger partial charge in [-0.2, -0.15) is 5.01 Å². The van der Waals surface area contributed by atoms with E-state index in [-0.39, 0.29) is 5.91 Å². The van der Waals surface area contributed by atoms with Crippen LogP contribution in [0.25, 0.3) is 0 Å². The van der Waals surface area contributed by atoms with Crippen LogP contribution in [0.1, 0.15) is 39.5 Å². The molecule has 1 aliphatic rings. The van der Waals surface area contributed by atoms with Gasteiger partial charge < -0.3 is 5.32 Å². The molecule has 0 radical (unpaired) electrons. The van der Waals surface area contributed by atoms with E-state index in [2.05, 4.69) is 5.32 Å². The van der Waals surface area contributed by atoms with Crippen molar-refractivity contribution >= 4 is 11.9 Å². The Labute approximate surface area is 83.6 Å². The van der Waals surface area contributed by atoms with E-state index in [0.29, 0.717) is 17.9 Å². The topological polar surface area (TPSA) is 75.4 Å². The average Bonchev–Trinajstić information content (AvgIpc) is 2.33. The molecule has 0 aliphatic carbocycles. The largest absolute Gasteiger partial charge is 0.339 e. The minimum atomic E-state index is -0.741. The molecule has 1 heterocycles. The summed E-state index contributed by atoms with van der Waals surface area (Å²) in [6.07, 6.45) is 3.00. The first-order valence-electron chi connectivity index (χ1n) is 4.98. The summed E-state index contributed by atoms with van der Waals surface area (Å²) < 4.78 is 0. The summed E-state index contributed by atoms with van der Waals surface area (Å²) in [7, 11) is 0. The van der Waals surface area contributed by atoms with Crippen LogP contribution in [0.3, 0.4) is 0 Å². The van der Waals surface area contributed by atoms with Crippen LogP contribution in [0.4, 0.5) is 4.79 Å². The summed E-state index contributed by atoms with van der Waals surface area (Å²) in [5.41, 5.74) is -0.741. The summed E-state index contributed by atoms with van der Waals surface area (Å²) in [5, 5.41) is 3.37. The molecule has 3 N–H and O–H groups in total. The van der Waals surface area contributed by atoms with Crippen LogP contribution in [0.2, 0.25) is 0 Å². The second kappa shape index (κ2) is 3.96. The highest BCUT2D eigenvalue weighted by Gasteiger charge is 2.48. The highest BCUT2D eigenvalue weighted by molar-refractivity contribution is 6.06. The quantitative estimate of drug-likeness (QED) is 0.398. The number of imide groups is 1. The maximum atomic E-state index is 11.7. The number of rotatable bonds is 4. The van der Waals surface area contributed by atoms with Crippen molar-refractivity contribution in [2.45, 2.75) is 45.1 Å². The summed E-state index contributed by atoms with van der Waals surface area (Å²) in [6.45, 7) is 3.96. The normalized spacial score (nSPS) is 20.1. The number of amides is 3. The molecule has 0 aromatic heterocycles. The first kappa shape index (κ1) is 11.0. The molecular formula is C9H17N3O2. The minimum Gasteiger partial charge on any atom is -0.322 e. The third-order valence-corrected chi connectivity index (χ3v) is 2.55. The molecule has 0 aromatic carbocycles. The smallest absolute Gasteiger partial charge is 0.322 e. The van der Waals surface area contributed by atoms with Crippen molar-refractivity contribution in [1.29, 1.82) is 0 Å². The van der Waals surface area contributed by atoms with E-state index in [1.165, 1.54) is 0 Å². The van der Waals surface area contributed by atoms with Crippen LogP contribution in [-0.2, 0) is 4.79 Å². The minimum absolute atomic E-state index is 0.300. The second-order valence-corrected chi connectivity index (χ2v) is 3.69. The summed E-state index contributed by atoms with van der Waals surface area (Å²) in [6, 6.07) is -0.489. The predicted octanol–water partition coefficient (Wildman–Crippen LogP) is 0.751. The molecule has 80 valence electrons. The van der Waals surface area contributed by atoms with Crippen molar-refractivity contribution in [3.8, 4) is 0 Å². The fourth-order valence-corrected chi connectivity index (χ4v) is 1.96. The number of hydrogen-bond donors (Lipinski definition) is 2. The molecular weight excluding hydrogens is 182 g/mol. The lowest BCUT2D eigenvalue weighted by Gasteiger charge is -2.24. The second-order valence-electron chi connectivity index (χ2n) is 3.69. The molecule has 1 rings (SSSR count). The first-order valence-corrected chi connectivity index (χ1v) is 4.98. The summed E-state index contributed by atoms with van der Waals surface area (Å²) in [4.78, 5) is 23.0. The Morgan fingerprint density at radius 2 is 1.79 bits per heavy atom. The highest BCUT2D eigenvalue weighted by Crippen LogP contribution is 2.26. The molecule has 0 atom stereocenters. The molecule has 5 heteroatoms. The first-order chi connectivity index (χ1) is 6.57. The van der Waals surface area contributed by atoms with Crippen LogP contribution in [0.15, 0.2) is 0 Å². The molecule has 1 fully saturated rings. The van der Waals surface area contributed by atoms with Gasteiger partial charge in [-0.05, 0) is 12.8 Å². The van der Waals surface area contributed by atoms with Crippen molar-refractivity contribution in [3.05, 3.63) is 0 Å². The SMILES string of the molecule is CCCC1(CCC)NC(=O)N(N)C1=O. The number of nitrogens with one attached hydrogen (secondary N) is 1. The van der Waals surface area contributed by atoms with Gasteiger partial charge in [0, 0.05) is 0 Å². The molecule has 0 aromatic rings. The Morgan fingerprint density at radius 3 is 2.07 bits per heavy atom. The van der Waals surface area contributed by atoms with Crippen LogP contribution >= 0.6 is 0 Å². The Bertz CT molecular complexity index is 246. The van der Waals surface area contributed by atoms with Gasteiger partial charge in [-0.3, -0.25) is 4.79 Å². The highest BCUT2D eigenvalue weighted by atomic mass is 16.2. The van der Waals surface area contributed by atoms with Gasteiger partial charge in [-0.25, -0.2) is 10.6 Å². The van der Waals surface area contributed by atoms with E-state index >= 15 is 0 Å².